The normalized spacial score (nSPS) is 19.1. The Hall–Kier alpha value is -1.64. The maximum Gasteiger partial charge on any atom is 0.191 e. The Morgan fingerprint density at radius 1 is 1.19 bits per heavy atom. The van der Waals surface area contributed by atoms with Crippen molar-refractivity contribution >= 4 is 29.9 Å². The Labute approximate surface area is 171 Å². The zero-order chi connectivity index (χ0) is 17.1. The molecule has 1 aliphatic heterocycles. The van der Waals surface area contributed by atoms with Crippen LogP contribution in [0.1, 0.15) is 42.0 Å². The second kappa shape index (κ2) is 8.83. The minimum absolute atomic E-state index is 0. The Morgan fingerprint density at radius 2 is 2.04 bits per heavy atom. The smallest absolute Gasteiger partial charge is 0.191 e. The molecule has 2 heterocycles. The number of fused-ring (bicyclic) bond motifs is 2. The van der Waals surface area contributed by atoms with E-state index in [2.05, 4.69) is 54.7 Å². The Morgan fingerprint density at radius 3 is 2.88 bits per heavy atom. The van der Waals surface area contributed by atoms with E-state index in [1.807, 2.05) is 7.05 Å². The standard InChI is InChI=1S/C19H26N6.HI/c1-20-19(21-13-18-24-23-17-8-4-5-11-25(17)18)22-16-10-9-14-6-2-3-7-15(14)12-16;/h2-3,6-7,16H,4-5,8-13H2,1H3,(H2,20,21,22);1H. The molecule has 7 heteroatoms. The van der Waals surface area contributed by atoms with Crippen LogP contribution in [0.4, 0.5) is 0 Å². The zero-order valence-corrected chi connectivity index (χ0v) is 17.6. The van der Waals surface area contributed by atoms with Crippen molar-refractivity contribution in [1.82, 2.24) is 25.4 Å². The van der Waals surface area contributed by atoms with E-state index < -0.39 is 0 Å². The van der Waals surface area contributed by atoms with Crippen molar-refractivity contribution in [1.29, 1.82) is 0 Å². The van der Waals surface area contributed by atoms with Crippen LogP contribution in [0.25, 0.3) is 0 Å². The Kier molecular flexibility index (Phi) is 6.50. The predicted molar refractivity (Wildman–Crippen MR) is 114 cm³/mol. The van der Waals surface area contributed by atoms with Crippen molar-refractivity contribution in [2.75, 3.05) is 7.05 Å². The first-order valence-corrected chi connectivity index (χ1v) is 9.28. The fourth-order valence-corrected chi connectivity index (χ4v) is 3.87. The highest BCUT2D eigenvalue weighted by molar-refractivity contribution is 14.0. The lowest BCUT2D eigenvalue weighted by Gasteiger charge is -2.27. The monoisotopic (exact) mass is 466 g/mol. The van der Waals surface area contributed by atoms with Gasteiger partial charge in [-0.1, -0.05) is 24.3 Å². The summed E-state index contributed by atoms with van der Waals surface area (Å²) in [6.45, 7) is 1.70. The number of rotatable bonds is 3. The molecule has 1 atom stereocenters. The van der Waals surface area contributed by atoms with E-state index >= 15 is 0 Å². The van der Waals surface area contributed by atoms with Crippen molar-refractivity contribution in [3.63, 3.8) is 0 Å². The van der Waals surface area contributed by atoms with Gasteiger partial charge in [-0.3, -0.25) is 4.99 Å². The molecule has 0 fully saturated rings. The van der Waals surface area contributed by atoms with Crippen LogP contribution in [-0.2, 0) is 32.4 Å². The van der Waals surface area contributed by atoms with Gasteiger partial charge in [0, 0.05) is 26.1 Å². The summed E-state index contributed by atoms with van der Waals surface area (Å²) < 4.78 is 2.25. The minimum Gasteiger partial charge on any atom is -0.353 e. The number of halogens is 1. The largest absolute Gasteiger partial charge is 0.353 e. The van der Waals surface area contributed by atoms with Crippen LogP contribution in [0, 0.1) is 0 Å². The van der Waals surface area contributed by atoms with Crippen LogP contribution < -0.4 is 10.6 Å². The van der Waals surface area contributed by atoms with E-state index in [1.165, 1.54) is 24.0 Å². The molecule has 0 radical (unpaired) electrons. The van der Waals surface area contributed by atoms with Gasteiger partial charge in [0.25, 0.3) is 0 Å². The van der Waals surface area contributed by atoms with Gasteiger partial charge in [0.05, 0.1) is 6.54 Å². The third-order valence-corrected chi connectivity index (χ3v) is 5.26. The molecule has 2 aromatic rings. The van der Waals surface area contributed by atoms with Crippen LogP contribution in [0.2, 0.25) is 0 Å². The molecule has 0 saturated heterocycles. The fourth-order valence-electron chi connectivity index (χ4n) is 3.87. The maximum atomic E-state index is 4.39. The molecule has 2 aliphatic rings. The second-order valence-electron chi connectivity index (χ2n) is 6.92. The summed E-state index contributed by atoms with van der Waals surface area (Å²) in [6, 6.07) is 9.16. The lowest BCUT2D eigenvalue weighted by Crippen LogP contribution is -2.45. The maximum absolute atomic E-state index is 4.39. The first-order valence-electron chi connectivity index (χ1n) is 9.28. The summed E-state index contributed by atoms with van der Waals surface area (Å²) >= 11 is 0. The molecular weight excluding hydrogens is 439 g/mol. The van der Waals surface area contributed by atoms with Crippen LogP contribution in [0.3, 0.4) is 0 Å². The summed E-state index contributed by atoms with van der Waals surface area (Å²) in [5.74, 6) is 2.97. The molecule has 1 aromatic heterocycles. The van der Waals surface area contributed by atoms with E-state index in [0.29, 0.717) is 12.6 Å². The van der Waals surface area contributed by atoms with Crippen molar-refractivity contribution in [2.24, 2.45) is 4.99 Å². The van der Waals surface area contributed by atoms with Gasteiger partial charge in [0.15, 0.2) is 11.8 Å². The van der Waals surface area contributed by atoms with E-state index in [0.717, 1.165) is 49.8 Å². The second-order valence-corrected chi connectivity index (χ2v) is 6.92. The average Bonchev–Trinajstić information content (AvgIpc) is 3.08. The number of nitrogens with one attached hydrogen (secondary N) is 2. The van der Waals surface area contributed by atoms with Gasteiger partial charge >= 0.3 is 0 Å². The van der Waals surface area contributed by atoms with Gasteiger partial charge in [-0.05, 0) is 43.2 Å². The minimum atomic E-state index is 0. The molecule has 1 aliphatic carbocycles. The highest BCUT2D eigenvalue weighted by Gasteiger charge is 2.20. The van der Waals surface area contributed by atoms with E-state index in [9.17, 15) is 0 Å². The Bertz CT molecular complexity index is 769. The van der Waals surface area contributed by atoms with Crippen LogP contribution >= 0.6 is 24.0 Å². The summed E-state index contributed by atoms with van der Waals surface area (Å²) in [4.78, 5) is 4.39. The lowest BCUT2D eigenvalue weighted by molar-refractivity contribution is 0.500. The molecule has 1 unspecified atom stereocenters. The number of aliphatic imine (C=N–C) groups is 1. The van der Waals surface area contributed by atoms with Gasteiger partial charge in [-0.15, -0.1) is 34.2 Å². The molecule has 26 heavy (non-hydrogen) atoms. The van der Waals surface area contributed by atoms with Crippen LogP contribution in [0.5, 0.6) is 0 Å². The number of guanidine groups is 1. The third-order valence-electron chi connectivity index (χ3n) is 5.26. The summed E-state index contributed by atoms with van der Waals surface area (Å²) in [6.07, 6.45) is 6.80. The van der Waals surface area contributed by atoms with Crippen molar-refractivity contribution < 1.29 is 0 Å². The highest BCUT2D eigenvalue weighted by Crippen LogP contribution is 2.21. The van der Waals surface area contributed by atoms with Gasteiger partial charge in [0.2, 0.25) is 0 Å². The molecule has 0 amide bonds. The topological polar surface area (TPSA) is 67.1 Å². The summed E-state index contributed by atoms with van der Waals surface area (Å²) in [7, 11) is 1.82. The van der Waals surface area contributed by atoms with Crippen molar-refractivity contribution in [3.05, 3.63) is 47.0 Å². The molecule has 1 aromatic carbocycles. The number of hydrogen-bond acceptors (Lipinski definition) is 3. The first-order chi connectivity index (χ1) is 12.3. The average molecular weight is 466 g/mol. The quantitative estimate of drug-likeness (QED) is 0.415. The summed E-state index contributed by atoms with van der Waals surface area (Å²) in [5, 5.41) is 15.6. The van der Waals surface area contributed by atoms with Gasteiger partial charge in [-0.25, -0.2) is 0 Å². The van der Waals surface area contributed by atoms with E-state index in [-0.39, 0.29) is 24.0 Å². The number of benzene rings is 1. The third kappa shape index (κ3) is 4.19. The Balaban J connectivity index is 0.00000196. The van der Waals surface area contributed by atoms with Gasteiger partial charge < -0.3 is 15.2 Å². The zero-order valence-electron chi connectivity index (χ0n) is 15.2. The molecule has 4 rings (SSSR count). The van der Waals surface area contributed by atoms with E-state index in [4.69, 9.17) is 0 Å². The van der Waals surface area contributed by atoms with Gasteiger partial charge in [-0.2, -0.15) is 0 Å². The number of hydrogen-bond donors (Lipinski definition) is 2. The molecule has 140 valence electrons. The molecule has 2 N–H and O–H groups in total. The van der Waals surface area contributed by atoms with Crippen molar-refractivity contribution in [2.45, 2.75) is 57.7 Å². The van der Waals surface area contributed by atoms with Crippen LogP contribution in [-0.4, -0.2) is 33.8 Å². The SMILES string of the molecule is CN=C(NCc1nnc2n1CCCC2)NC1CCc2ccccc2C1.I. The molecule has 6 nitrogen and oxygen atoms in total. The molecule has 0 bridgehead atoms. The first kappa shape index (κ1) is 19.1. The highest BCUT2D eigenvalue weighted by atomic mass is 127. The summed E-state index contributed by atoms with van der Waals surface area (Å²) in [5.41, 5.74) is 2.94. The fraction of sp³-hybridized carbons (Fsp3) is 0.526. The van der Waals surface area contributed by atoms with Crippen LogP contribution in [0.15, 0.2) is 29.3 Å². The number of aryl methyl sites for hydroxylation is 2. The molecular formula is C19H27IN6. The molecule has 0 spiro atoms. The molecule has 0 saturated carbocycles. The lowest BCUT2D eigenvalue weighted by atomic mass is 9.88. The predicted octanol–water partition coefficient (Wildman–Crippen LogP) is 2.45. The van der Waals surface area contributed by atoms with Gasteiger partial charge in [0.1, 0.15) is 5.82 Å². The number of nitrogens with zero attached hydrogens (tertiary/aromatic N) is 4. The van der Waals surface area contributed by atoms with E-state index in [1.54, 1.807) is 0 Å². The van der Waals surface area contributed by atoms with Crippen molar-refractivity contribution in [3.8, 4) is 0 Å². The number of aromatic nitrogens is 3.